The van der Waals surface area contributed by atoms with Gasteiger partial charge in [-0.1, -0.05) is 6.92 Å². The average molecular weight is 263 g/mol. The van der Waals surface area contributed by atoms with Crippen molar-refractivity contribution in [3.05, 3.63) is 18.5 Å². The van der Waals surface area contributed by atoms with Gasteiger partial charge in [0.25, 0.3) is 0 Å². The second-order valence-electron chi connectivity index (χ2n) is 4.71. The quantitative estimate of drug-likeness (QED) is 0.855. The molecule has 2 amide bonds. The van der Waals surface area contributed by atoms with E-state index >= 15 is 0 Å². The van der Waals surface area contributed by atoms with E-state index in [1.54, 1.807) is 12.4 Å². The normalized spacial score (nSPS) is 16.2. The van der Waals surface area contributed by atoms with E-state index in [4.69, 9.17) is 0 Å². The molecule has 2 rings (SSSR count). The SMILES string of the molecule is CCCNC(=O)NC1CCN(c2ncccn2)CC1. The van der Waals surface area contributed by atoms with E-state index in [1.165, 1.54) is 0 Å². The molecule has 6 heteroatoms. The van der Waals surface area contributed by atoms with Gasteiger partial charge >= 0.3 is 6.03 Å². The first-order valence-corrected chi connectivity index (χ1v) is 6.86. The molecule has 0 bridgehead atoms. The van der Waals surface area contributed by atoms with E-state index in [0.29, 0.717) is 0 Å². The zero-order chi connectivity index (χ0) is 13.5. The Morgan fingerprint density at radius 3 is 2.68 bits per heavy atom. The number of piperidine rings is 1. The summed E-state index contributed by atoms with van der Waals surface area (Å²) in [4.78, 5) is 22.2. The van der Waals surface area contributed by atoms with Crippen molar-refractivity contribution in [2.75, 3.05) is 24.5 Å². The van der Waals surface area contributed by atoms with E-state index in [0.717, 1.165) is 44.8 Å². The third-order valence-electron chi connectivity index (χ3n) is 3.20. The first-order chi connectivity index (χ1) is 9.29. The molecule has 0 unspecified atom stereocenters. The van der Waals surface area contributed by atoms with Gasteiger partial charge in [0.15, 0.2) is 0 Å². The number of carbonyl (C=O) groups is 1. The molecule has 0 radical (unpaired) electrons. The molecule has 0 spiro atoms. The highest BCUT2D eigenvalue weighted by Crippen LogP contribution is 2.15. The van der Waals surface area contributed by atoms with Gasteiger partial charge in [-0.05, 0) is 25.3 Å². The Morgan fingerprint density at radius 1 is 1.37 bits per heavy atom. The molecule has 0 atom stereocenters. The van der Waals surface area contributed by atoms with Gasteiger partial charge in [-0.15, -0.1) is 0 Å². The molecule has 1 saturated heterocycles. The number of aromatic nitrogens is 2. The Kier molecular flexibility index (Phi) is 4.94. The molecule has 104 valence electrons. The minimum absolute atomic E-state index is 0.0590. The number of anilines is 1. The predicted octanol–water partition coefficient (Wildman–Crippen LogP) is 1.15. The van der Waals surface area contributed by atoms with Crippen molar-refractivity contribution in [1.29, 1.82) is 0 Å². The maximum Gasteiger partial charge on any atom is 0.315 e. The summed E-state index contributed by atoms with van der Waals surface area (Å²) < 4.78 is 0. The first kappa shape index (κ1) is 13.6. The topological polar surface area (TPSA) is 70.2 Å². The van der Waals surface area contributed by atoms with E-state index in [9.17, 15) is 4.79 Å². The van der Waals surface area contributed by atoms with Crippen LogP contribution in [-0.2, 0) is 0 Å². The number of amides is 2. The van der Waals surface area contributed by atoms with Crippen LogP contribution >= 0.6 is 0 Å². The Balaban J connectivity index is 1.75. The fraction of sp³-hybridized carbons (Fsp3) is 0.615. The van der Waals surface area contributed by atoms with Gasteiger partial charge in [0.05, 0.1) is 0 Å². The molecule has 1 aromatic heterocycles. The maximum atomic E-state index is 11.6. The monoisotopic (exact) mass is 263 g/mol. The second-order valence-corrected chi connectivity index (χ2v) is 4.71. The lowest BCUT2D eigenvalue weighted by Gasteiger charge is -2.32. The van der Waals surface area contributed by atoms with Crippen LogP contribution in [0, 0.1) is 0 Å². The minimum atomic E-state index is -0.0590. The van der Waals surface area contributed by atoms with Gasteiger partial charge in [-0.25, -0.2) is 14.8 Å². The summed E-state index contributed by atoms with van der Waals surface area (Å²) in [6.45, 7) is 4.52. The number of carbonyl (C=O) groups excluding carboxylic acids is 1. The summed E-state index contributed by atoms with van der Waals surface area (Å²) in [5, 5.41) is 5.84. The van der Waals surface area contributed by atoms with Crippen LogP contribution < -0.4 is 15.5 Å². The van der Waals surface area contributed by atoms with Crippen LogP contribution in [0.15, 0.2) is 18.5 Å². The highest BCUT2D eigenvalue weighted by Gasteiger charge is 2.21. The molecule has 1 aromatic rings. The van der Waals surface area contributed by atoms with Crippen LogP contribution in [0.3, 0.4) is 0 Å². The average Bonchev–Trinajstić information content (AvgIpc) is 2.47. The van der Waals surface area contributed by atoms with Gasteiger partial charge in [-0.2, -0.15) is 0 Å². The maximum absolute atomic E-state index is 11.6. The third kappa shape index (κ3) is 4.08. The minimum Gasteiger partial charge on any atom is -0.341 e. The largest absolute Gasteiger partial charge is 0.341 e. The van der Waals surface area contributed by atoms with Gasteiger partial charge in [-0.3, -0.25) is 0 Å². The number of hydrogen-bond acceptors (Lipinski definition) is 4. The molecule has 0 aliphatic carbocycles. The van der Waals surface area contributed by atoms with Crippen LogP contribution in [0.2, 0.25) is 0 Å². The molecule has 2 heterocycles. The van der Waals surface area contributed by atoms with Crippen LogP contribution in [0.1, 0.15) is 26.2 Å². The number of nitrogens with one attached hydrogen (secondary N) is 2. The number of urea groups is 1. The Hall–Kier alpha value is -1.85. The lowest BCUT2D eigenvalue weighted by molar-refractivity contribution is 0.234. The van der Waals surface area contributed by atoms with Crippen LogP contribution in [-0.4, -0.2) is 41.7 Å². The zero-order valence-electron chi connectivity index (χ0n) is 11.3. The van der Waals surface area contributed by atoms with Gasteiger partial charge < -0.3 is 15.5 Å². The fourth-order valence-electron chi connectivity index (χ4n) is 2.15. The lowest BCUT2D eigenvalue weighted by Crippen LogP contribution is -2.48. The summed E-state index contributed by atoms with van der Waals surface area (Å²) in [5.41, 5.74) is 0. The summed E-state index contributed by atoms with van der Waals surface area (Å²) in [7, 11) is 0. The number of hydrogen-bond donors (Lipinski definition) is 2. The molecule has 0 aromatic carbocycles. The zero-order valence-corrected chi connectivity index (χ0v) is 11.3. The highest BCUT2D eigenvalue weighted by molar-refractivity contribution is 5.74. The number of nitrogens with zero attached hydrogens (tertiary/aromatic N) is 3. The van der Waals surface area contributed by atoms with Crippen molar-refractivity contribution >= 4 is 12.0 Å². The predicted molar refractivity (Wildman–Crippen MR) is 74.1 cm³/mol. The molecule has 6 nitrogen and oxygen atoms in total. The molecular formula is C13H21N5O. The van der Waals surface area contributed by atoms with E-state index in [1.807, 2.05) is 13.0 Å². The fourth-order valence-corrected chi connectivity index (χ4v) is 2.15. The molecule has 1 fully saturated rings. The van der Waals surface area contributed by atoms with E-state index in [2.05, 4.69) is 25.5 Å². The Morgan fingerprint density at radius 2 is 2.05 bits per heavy atom. The van der Waals surface area contributed by atoms with E-state index in [-0.39, 0.29) is 12.1 Å². The number of rotatable bonds is 4. The second kappa shape index (κ2) is 6.92. The molecule has 1 aliphatic rings. The summed E-state index contributed by atoms with van der Waals surface area (Å²) in [6.07, 6.45) is 6.32. The summed E-state index contributed by atoms with van der Waals surface area (Å²) in [5.74, 6) is 0.774. The third-order valence-corrected chi connectivity index (χ3v) is 3.20. The highest BCUT2D eigenvalue weighted by atomic mass is 16.2. The van der Waals surface area contributed by atoms with Crippen molar-refractivity contribution in [1.82, 2.24) is 20.6 Å². The standard InChI is InChI=1S/C13H21N5O/c1-2-6-16-13(19)17-11-4-9-18(10-5-11)12-14-7-3-8-15-12/h3,7-8,11H,2,4-6,9-10H2,1H3,(H2,16,17,19). The first-order valence-electron chi connectivity index (χ1n) is 6.86. The Labute approximate surface area is 113 Å². The lowest BCUT2D eigenvalue weighted by atomic mass is 10.1. The van der Waals surface area contributed by atoms with Gasteiger partial charge in [0.2, 0.25) is 5.95 Å². The van der Waals surface area contributed by atoms with Crippen molar-refractivity contribution in [3.8, 4) is 0 Å². The smallest absolute Gasteiger partial charge is 0.315 e. The molecule has 2 N–H and O–H groups in total. The molecule has 0 saturated carbocycles. The van der Waals surface area contributed by atoms with Crippen molar-refractivity contribution < 1.29 is 4.79 Å². The molecule has 19 heavy (non-hydrogen) atoms. The van der Waals surface area contributed by atoms with Crippen LogP contribution in [0.25, 0.3) is 0 Å². The van der Waals surface area contributed by atoms with Gasteiger partial charge in [0, 0.05) is 38.1 Å². The van der Waals surface area contributed by atoms with Crippen LogP contribution in [0.5, 0.6) is 0 Å². The molecular weight excluding hydrogens is 242 g/mol. The van der Waals surface area contributed by atoms with Gasteiger partial charge in [0.1, 0.15) is 0 Å². The van der Waals surface area contributed by atoms with Crippen molar-refractivity contribution in [3.63, 3.8) is 0 Å². The Bertz CT molecular complexity index is 389. The van der Waals surface area contributed by atoms with Crippen molar-refractivity contribution in [2.24, 2.45) is 0 Å². The molecule has 1 aliphatic heterocycles. The summed E-state index contributed by atoms with van der Waals surface area (Å²) >= 11 is 0. The summed E-state index contributed by atoms with van der Waals surface area (Å²) in [6, 6.07) is 2.00. The van der Waals surface area contributed by atoms with Crippen LogP contribution in [0.4, 0.5) is 10.7 Å². The van der Waals surface area contributed by atoms with Crippen molar-refractivity contribution in [2.45, 2.75) is 32.2 Å². The van der Waals surface area contributed by atoms with E-state index < -0.39 is 0 Å².